The van der Waals surface area contributed by atoms with Crippen LogP contribution in [0, 0.1) is 13.8 Å². The molecular weight excluding hydrogens is 498 g/mol. The van der Waals surface area contributed by atoms with Crippen molar-refractivity contribution in [3.05, 3.63) is 130 Å². The summed E-state index contributed by atoms with van der Waals surface area (Å²) in [6, 6.07) is 29.4. The van der Waals surface area contributed by atoms with Crippen molar-refractivity contribution in [2.24, 2.45) is 0 Å². The Hall–Kier alpha value is -4.16. The van der Waals surface area contributed by atoms with Crippen LogP contribution in [0.15, 0.2) is 95.4 Å². The molecule has 40 heavy (non-hydrogen) atoms. The zero-order valence-corrected chi connectivity index (χ0v) is 24.1. The van der Waals surface area contributed by atoms with Crippen molar-refractivity contribution in [3.8, 4) is 0 Å². The maximum atomic E-state index is 12.8. The Labute approximate surface area is 238 Å². The summed E-state index contributed by atoms with van der Waals surface area (Å²) >= 11 is 0. The van der Waals surface area contributed by atoms with Crippen LogP contribution in [0.1, 0.15) is 62.3 Å². The minimum absolute atomic E-state index is 0.157. The zero-order chi connectivity index (χ0) is 28.7. The number of carbonyl (C=O) groups excluding carboxylic acids is 2. The monoisotopic (exact) mass is 539 g/mol. The molecule has 4 aromatic rings. The Morgan fingerprint density at radius 1 is 0.800 bits per heavy atom. The zero-order valence-electron chi connectivity index (χ0n) is 24.1. The normalized spacial score (nSPS) is 10.4. The predicted molar refractivity (Wildman–Crippen MR) is 161 cm³/mol. The van der Waals surface area contributed by atoms with Gasteiger partial charge in [0, 0.05) is 31.3 Å². The molecular formula is C34H41N3O3. The SMILES string of the molecule is CCc1cccc(CNCCCNC(=O)c2cccc(C(=O)N(C)Cc3ccc(C)o3)c2)c1.Cc1ccccc1. The van der Waals surface area contributed by atoms with Crippen LogP contribution in [0.3, 0.4) is 0 Å². The second kappa shape index (κ2) is 16.1. The van der Waals surface area contributed by atoms with Gasteiger partial charge in [0.05, 0.1) is 6.54 Å². The smallest absolute Gasteiger partial charge is 0.254 e. The Kier molecular flexibility index (Phi) is 12.2. The second-order valence-corrected chi connectivity index (χ2v) is 9.87. The first-order valence-electron chi connectivity index (χ1n) is 13.8. The van der Waals surface area contributed by atoms with Gasteiger partial charge in [-0.3, -0.25) is 9.59 Å². The number of hydrogen-bond acceptors (Lipinski definition) is 4. The van der Waals surface area contributed by atoms with E-state index in [0.29, 0.717) is 24.2 Å². The molecule has 0 radical (unpaired) electrons. The summed E-state index contributed by atoms with van der Waals surface area (Å²) in [5.41, 5.74) is 4.89. The first-order chi connectivity index (χ1) is 19.4. The lowest BCUT2D eigenvalue weighted by Gasteiger charge is -2.16. The average molecular weight is 540 g/mol. The number of benzene rings is 3. The molecule has 0 bridgehead atoms. The van der Waals surface area contributed by atoms with E-state index in [1.165, 1.54) is 16.7 Å². The maximum absolute atomic E-state index is 12.8. The Bertz CT molecular complexity index is 1350. The highest BCUT2D eigenvalue weighted by Gasteiger charge is 2.15. The van der Waals surface area contributed by atoms with Crippen LogP contribution in [-0.4, -0.2) is 36.9 Å². The Balaban J connectivity index is 0.000000547. The fourth-order valence-electron chi connectivity index (χ4n) is 4.13. The number of amides is 2. The van der Waals surface area contributed by atoms with Gasteiger partial charge in [-0.25, -0.2) is 0 Å². The molecule has 0 aliphatic carbocycles. The van der Waals surface area contributed by atoms with Crippen LogP contribution >= 0.6 is 0 Å². The molecule has 0 spiro atoms. The van der Waals surface area contributed by atoms with Crippen LogP contribution in [0.4, 0.5) is 0 Å². The molecule has 0 saturated carbocycles. The van der Waals surface area contributed by atoms with Crippen molar-refractivity contribution in [3.63, 3.8) is 0 Å². The van der Waals surface area contributed by atoms with Crippen molar-refractivity contribution < 1.29 is 14.0 Å². The van der Waals surface area contributed by atoms with Gasteiger partial charge in [0.15, 0.2) is 0 Å². The molecule has 2 N–H and O–H groups in total. The van der Waals surface area contributed by atoms with Gasteiger partial charge in [-0.2, -0.15) is 0 Å². The van der Waals surface area contributed by atoms with E-state index in [0.717, 1.165) is 37.5 Å². The van der Waals surface area contributed by atoms with Crippen LogP contribution in [0.2, 0.25) is 0 Å². The van der Waals surface area contributed by atoms with Crippen molar-refractivity contribution in [1.29, 1.82) is 0 Å². The van der Waals surface area contributed by atoms with E-state index in [9.17, 15) is 9.59 Å². The van der Waals surface area contributed by atoms with E-state index in [4.69, 9.17) is 4.42 Å². The molecule has 0 atom stereocenters. The number of rotatable bonds is 11. The van der Waals surface area contributed by atoms with Gasteiger partial charge in [-0.05, 0) is 74.7 Å². The molecule has 0 aliphatic rings. The van der Waals surface area contributed by atoms with E-state index < -0.39 is 0 Å². The molecule has 1 aromatic heterocycles. The van der Waals surface area contributed by atoms with E-state index >= 15 is 0 Å². The minimum Gasteiger partial charge on any atom is -0.464 e. The quantitative estimate of drug-likeness (QED) is 0.219. The highest BCUT2D eigenvalue weighted by atomic mass is 16.3. The summed E-state index contributed by atoms with van der Waals surface area (Å²) in [6.07, 6.45) is 1.86. The lowest BCUT2D eigenvalue weighted by molar-refractivity contribution is 0.0775. The number of aryl methyl sites for hydroxylation is 3. The first-order valence-corrected chi connectivity index (χ1v) is 13.8. The molecule has 6 heteroatoms. The molecule has 210 valence electrons. The summed E-state index contributed by atoms with van der Waals surface area (Å²) in [7, 11) is 1.72. The standard InChI is InChI=1S/C27H33N3O3.C7H8/c1-4-21-8-5-9-22(16-21)18-28-14-7-15-29-26(31)23-10-6-11-24(17-23)27(32)30(3)19-25-13-12-20(2)33-25;1-7-5-3-2-4-6-7/h5-6,8-13,16-17,28H,4,7,14-15,18-19H2,1-3H3,(H,29,31);2-6H,1H3. The first kappa shape index (κ1) is 30.4. The van der Waals surface area contributed by atoms with Crippen molar-refractivity contribution in [1.82, 2.24) is 15.5 Å². The van der Waals surface area contributed by atoms with Crippen molar-refractivity contribution >= 4 is 11.8 Å². The summed E-state index contributed by atoms with van der Waals surface area (Å²) in [5, 5.41) is 6.35. The number of nitrogens with one attached hydrogen (secondary N) is 2. The molecule has 3 aromatic carbocycles. The van der Waals surface area contributed by atoms with E-state index in [-0.39, 0.29) is 11.8 Å². The number of carbonyl (C=O) groups is 2. The third kappa shape index (κ3) is 10.2. The molecule has 6 nitrogen and oxygen atoms in total. The number of hydrogen-bond donors (Lipinski definition) is 2. The van der Waals surface area contributed by atoms with Crippen LogP contribution in [0.5, 0.6) is 0 Å². The van der Waals surface area contributed by atoms with E-state index in [1.807, 2.05) is 37.3 Å². The van der Waals surface area contributed by atoms with Gasteiger partial charge in [0.1, 0.15) is 11.5 Å². The Morgan fingerprint density at radius 2 is 1.52 bits per heavy atom. The largest absolute Gasteiger partial charge is 0.464 e. The summed E-state index contributed by atoms with van der Waals surface area (Å²) in [5.74, 6) is 1.20. The maximum Gasteiger partial charge on any atom is 0.254 e. The molecule has 0 aliphatic heterocycles. The molecule has 4 rings (SSSR count). The summed E-state index contributed by atoms with van der Waals surface area (Å²) < 4.78 is 5.55. The van der Waals surface area contributed by atoms with Gasteiger partial charge in [0.2, 0.25) is 0 Å². The van der Waals surface area contributed by atoms with Crippen LogP contribution in [0.25, 0.3) is 0 Å². The molecule has 2 amide bonds. The molecule has 0 fully saturated rings. The fraction of sp³-hybridized carbons (Fsp3) is 0.294. The number of nitrogens with zero attached hydrogens (tertiary/aromatic N) is 1. The van der Waals surface area contributed by atoms with E-state index in [1.54, 1.807) is 36.2 Å². The van der Waals surface area contributed by atoms with Crippen LogP contribution < -0.4 is 10.6 Å². The summed E-state index contributed by atoms with van der Waals surface area (Å²) in [6.45, 7) is 8.67. The highest BCUT2D eigenvalue weighted by molar-refractivity contribution is 5.99. The van der Waals surface area contributed by atoms with E-state index in [2.05, 4.69) is 60.9 Å². The average Bonchev–Trinajstić information content (AvgIpc) is 3.39. The van der Waals surface area contributed by atoms with Crippen LogP contribution in [-0.2, 0) is 19.5 Å². The Morgan fingerprint density at radius 3 is 2.20 bits per heavy atom. The van der Waals surface area contributed by atoms with Gasteiger partial charge in [-0.1, -0.05) is 73.2 Å². The number of furan rings is 1. The lowest BCUT2D eigenvalue weighted by Crippen LogP contribution is -2.28. The van der Waals surface area contributed by atoms with Gasteiger partial charge in [-0.15, -0.1) is 0 Å². The summed E-state index contributed by atoms with van der Waals surface area (Å²) in [4.78, 5) is 26.9. The fourth-order valence-corrected chi connectivity index (χ4v) is 4.13. The van der Waals surface area contributed by atoms with Gasteiger partial charge >= 0.3 is 0 Å². The predicted octanol–water partition coefficient (Wildman–Crippen LogP) is 6.33. The molecule has 0 saturated heterocycles. The third-order valence-corrected chi connectivity index (χ3v) is 6.39. The topological polar surface area (TPSA) is 74.6 Å². The van der Waals surface area contributed by atoms with Crippen molar-refractivity contribution in [2.45, 2.75) is 46.7 Å². The van der Waals surface area contributed by atoms with Gasteiger partial charge in [0.25, 0.3) is 11.8 Å². The highest BCUT2D eigenvalue weighted by Crippen LogP contribution is 2.13. The lowest BCUT2D eigenvalue weighted by atomic mass is 10.1. The minimum atomic E-state index is -0.176. The third-order valence-electron chi connectivity index (χ3n) is 6.39. The van der Waals surface area contributed by atoms with Gasteiger partial charge < -0.3 is 20.0 Å². The molecule has 1 heterocycles. The van der Waals surface area contributed by atoms with Crippen molar-refractivity contribution in [2.75, 3.05) is 20.1 Å². The second-order valence-electron chi connectivity index (χ2n) is 9.87. The molecule has 0 unspecified atom stereocenters.